The molecule has 0 radical (unpaired) electrons. The molecule has 2 unspecified atom stereocenters. The SMILES string of the molecule is CCCCN1CC(C)(C2CC2)NCC1CCC. The zero-order chi connectivity index (χ0) is 12.3. The Morgan fingerprint density at radius 1 is 1.24 bits per heavy atom. The normalized spacial score (nSPS) is 35.1. The van der Waals surface area contributed by atoms with Gasteiger partial charge in [0.05, 0.1) is 0 Å². The molecule has 0 aromatic heterocycles. The first-order valence-electron chi connectivity index (χ1n) is 7.68. The maximum atomic E-state index is 3.86. The van der Waals surface area contributed by atoms with Crippen molar-refractivity contribution in [3.05, 3.63) is 0 Å². The Labute approximate surface area is 107 Å². The third kappa shape index (κ3) is 3.23. The van der Waals surface area contributed by atoms with Crippen LogP contribution < -0.4 is 5.32 Å². The molecular formula is C15H30N2. The van der Waals surface area contributed by atoms with Crippen LogP contribution in [0.4, 0.5) is 0 Å². The van der Waals surface area contributed by atoms with Crippen LogP contribution in [0.15, 0.2) is 0 Å². The molecular weight excluding hydrogens is 208 g/mol. The number of hydrogen-bond acceptors (Lipinski definition) is 2. The van der Waals surface area contributed by atoms with Crippen molar-refractivity contribution < 1.29 is 0 Å². The van der Waals surface area contributed by atoms with Gasteiger partial charge in [-0.3, -0.25) is 4.90 Å². The number of rotatable bonds is 6. The van der Waals surface area contributed by atoms with Crippen molar-refractivity contribution in [3.63, 3.8) is 0 Å². The largest absolute Gasteiger partial charge is 0.308 e. The van der Waals surface area contributed by atoms with Crippen molar-refractivity contribution in [1.82, 2.24) is 10.2 Å². The fraction of sp³-hybridized carbons (Fsp3) is 1.00. The highest BCUT2D eigenvalue weighted by atomic mass is 15.3. The fourth-order valence-corrected chi connectivity index (χ4v) is 3.32. The van der Waals surface area contributed by atoms with Gasteiger partial charge in [-0.05, 0) is 45.1 Å². The second-order valence-corrected chi connectivity index (χ2v) is 6.34. The number of nitrogens with one attached hydrogen (secondary N) is 1. The lowest BCUT2D eigenvalue weighted by atomic mass is 9.90. The summed E-state index contributed by atoms with van der Waals surface area (Å²) in [7, 11) is 0. The molecule has 2 fully saturated rings. The van der Waals surface area contributed by atoms with E-state index in [9.17, 15) is 0 Å². The highest BCUT2D eigenvalue weighted by molar-refractivity contribution is 5.03. The molecule has 1 heterocycles. The van der Waals surface area contributed by atoms with Crippen LogP contribution in [0, 0.1) is 5.92 Å². The number of hydrogen-bond donors (Lipinski definition) is 1. The van der Waals surface area contributed by atoms with Crippen molar-refractivity contribution >= 4 is 0 Å². The maximum Gasteiger partial charge on any atom is 0.0309 e. The van der Waals surface area contributed by atoms with Gasteiger partial charge in [0.15, 0.2) is 0 Å². The molecule has 0 spiro atoms. The highest BCUT2D eigenvalue weighted by Gasteiger charge is 2.45. The van der Waals surface area contributed by atoms with E-state index in [1.54, 1.807) is 0 Å². The summed E-state index contributed by atoms with van der Waals surface area (Å²) in [6.07, 6.45) is 8.25. The van der Waals surface area contributed by atoms with E-state index in [0.717, 1.165) is 12.0 Å². The molecule has 100 valence electrons. The molecule has 0 bridgehead atoms. The van der Waals surface area contributed by atoms with Crippen LogP contribution in [0.5, 0.6) is 0 Å². The van der Waals surface area contributed by atoms with E-state index >= 15 is 0 Å². The van der Waals surface area contributed by atoms with Crippen LogP contribution in [0.2, 0.25) is 0 Å². The van der Waals surface area contributed by atoms with Crippen LogP contribution in [-0.4, -0.2) is 36.1 Å². The molecule has 1 aliphatic carbocycles. The molecule has 0 aromatic carbocycles. The molecule has 17 heavy (non-hydrogen) atoms. The molecule has 0 amide bonds. The number of unbranched alkanes of at least 4 members (excludes halogenated alkanes) is 1. The molecule has 2 heteroatoms. The lowest BCUT2D eigenvalue weighted by Crippen LogP contribution is -2.64. The monoisotopic (exact) mass is 238 g/mol. The smallest absolute Gasteiger partial charge is 0.0309 e. The summed E-state index contributed by atoms with van der Waals surface area (Å²) < 4.78 is 0. The minimum absolute atomic E-state index is 0.415. The predicted octanol–water partition coefficient (Wildman–Crippen LogP) is 3.03. The summed E-state index contributed by atoms with van der Waals surface area (Å²) in [5.41, 5.74) is 0.415. The summed E-state index contributed by atoms with van der Waals surface area (Å²) in [5, 5.41) is 3.86. The zero-order valence-corrected chi connectivity index (χ0v) is 12.0. The van der Waals surface area contributed by atoms with Crippen LogP contribution in [0.3, 0.4) is 0 Å². The first-order chi connectivity index (χ1) is 8.19. The van der Waals surface area contributed by atoms with E-state index < -0.39 is 0 Å². The van der Waals surface area contributed by atoms with E-state index in [1.807, 2.05) is 0 Å². The van der Waals surface area contributed by atoms with Crippen molar-refractivity contribution in [2.45, 2.75) is 70.9 Å². The number of piperazine rings is 1. The molecule has 1 saturated heterocycles. The number of nitrogens with zero attached hydrogens (tertiary/aromatic N) is 1. The predicted molar refractivity (Wildman–Crippen MR) is 74.3 cm³/mol. The van der Waals surface area contributed by atoms with Gasteiger partial charge < -0.3 is 5.32 Å². The van der Waals surface area contributed by atoms with Gasteiger partial charge in [0.1, 0.15) is 0 Å². The van der Waals surface area contributed by atoms with Crippen LogP contribution in [0.1, 0.15) is 59.3 Å². The van der Waals surface area contributed by atoms with Crippen LogP contribution in [0.25, 0.3) is 0 Å². The summed E-state index contributed by atoms with van der Waals surface area (Å²) >= 11 is 0. The van der Waals surface area contributed by atoms with Gasteiger partial charge in [0.25, 0.3) is 0 Å². The summed E-state index contributed by atoms with van der Waals surface area (Å²) in [4.78, 5) is 2.78. The molecule has 2 rings (SSSR count). The van der Waals surface area contributed by atoms with Gasteiger partial charge in [-0.1, -0.05) is 26.7 Å². The highest BCUT2D eigenvalue weighted by Crippen LogP contribution is 2.41. The molecule has 2 aliphatic rings. The Bertz CT molecular complexity index is 237. The standard InChI is InChI=1S/C15H30N2/c1-4-6-10-17-12-15(3,13-8-9-13)16-11-14(17)7-5-2/h13-14,16H,4-12H2,1-3H3. The Balaban J connectivity index is 1.93. The first kappa shape index (κ1) is 13.4. The average molecular weight is 238 g/mol. The summed E-state index contributed by atoms with van der Waals surface area (Å²) in [6.45, 7) is 10.9. The zero-order valence-electron chi connectivity index (χ0n) is 12.0. The van der Waals surface area contributed by atoms with Crippen molar-refractivity contribution in [1.29, 1.82) is 0 Å². The van der Waals surface area contributed by atoms with Crippen molar-refractivity contribution in [2.24, 2.45) is 5.92 Å². The third-order valence-electron chi connectivity index (χ3n) is 4.69. The maximum absolute atomic E-state index is 3.86. The third-order valence-corrected chi connectivity index (χ3v) is 4.69. The van der Waals surface area contributed by atoms with E-state index in [1.165, 1.54) is 58.2 Å². The topological polar surface area (TPSA) is 15.3 Å². The molecule has 0 aromatic rings. The Morgan fingerprint density at radius 2 is 2.00 bits per heavy atom. The van der Waals surface area contributed by atoms with E-state index in [0.29, 0.717) is 5.54 Å². The second-order valence-electron chi connectivity index (χ2n) is 6.34. The van der Waals surface area contributed by atoms with Gasteiger partial charge in [-0.15, -0.1) is 0 Å². The van der Waals surface area contributed by atoms with Gasteiger partial charge in [0, 0.05) is 24.7 Å². The quantitative estimate of drug-likeness (QED) is 0.765. The van der Waals surface area contributed by atoms with Crippen LogP contribution >= 0.6 is 0 Å². The van der Waals surface area contributed by atoms with Crippen LogP contribution in [-0.2, 0) is 0 Å². The summed E-state index contributed by atoms with van der Waals surface area (Å²) in [5.74, 6) is 0.953. The van der Waals surface area contributed by atoms with E-state index in [2.05, 4.69) is 31.0 Å². The molecule has 1 N–H and O–H groups in total. The lowest BCUT2D eigenvalue weighted by Gasteiger charge is -2.47. The molecule has 1 saturated carbocycles. The van der Waals surface area contributed by atoms with Gasteiger partial charge in [-0.2, -0.15) is 0 Å². The van der Waals surface area contributed by atoms with Gasteiger partial charge in [0.2, 0.25) is 0 Å². The van der Waals surface area contributed by atoms with E-state index in [-0.39, 0.29) is 0 Å². The van der Waals surface area contributed by atoms with Gasteiger partial charge >= 0.3 is 0 Å². The first-order valence-corrected chi connectivity index (χ1v) is 7.68. The minimum atomic E-state index is 0.415. The Morgan fingerprint density at radius 3 is 2.59 bits per heavy atom. The minimum Gasteiger partial charge on any atom is -0.308 e. The molecule has 2 atom stereocenters. The van der Waals surface area contributed by atoms with Crippen molar-refractivity contribution in [3.8, 4) is 0 Å². The molecule has 1 aliphatic heterocycles. The Hall–Kier alpha value is -0.0800. The average Bonchev–Trinajstić information content (AvgIpc) is 3.14. The lowest BCUT2D eigenvalue weighted by molar-refractivity contribution is 0.0691. The fourth-order valence-electron chi connectivity index (χ4n) is 3.32. The second kappa shape index (κ2) is 5.71. The van der Waals surface area contributed by atoms with Crippen molar-refractivity contribution in [2.75, 3.05) is 19.6 Å². The van der Waals surface area contributed by atoms with Gasteiger partial charge in [-0.25, -0.2) is 0 Å². The molecule has 2 nitrogen and oxygen atoms in total. The van der Waals surface area contributed by atoms with E-state index in [4.69, 9.17) is 0 Å². The Kier molecular flexibility index (Phi) is 4.48. The summed E-state index contributed by atoms with van der Waals surface area (Å²) in [6, 6.07) is 0.790.